The van der Waals surface area contributed by atoms with E-state index in [1.165, 1.54) is 22.3 Å². The van der Waals surface area contributed by atoms with Gasteiger partial charge in [-0.15, -0.1) is 5.10 Å². The van der Waals surface area contributed by atoms with Crippen LogP contribution in [0.1, 0.15) is 58.6 Å². The van der Waals surface area contributed by atoms with Gasteiger partial charge >= 0.3 is 0 Å². The van der Waals surface area contributed by atoms with Crippen molar-refractivity contribution in [3.8, 4) is 0 Å². The van der Waals surface area contributed by atoms with E-state index >= 15 is 0 Å². The molecule has 5 aromatic rings. The number of rotatable bonds is 10. The van der Waals surface area contributed by atoms with E-state index in [9.17, 15) is 4.79 Å². The van der Waals surface area contributed by atoms with E-state index in [1.54, 1.807) is 0 Å². The third-order valence-corrected chi connectivity index (χ3v) is 7.65. The van der Waals surface area contributed by atoms with E-state index in [4.69, 9.17) is 0 Å². The second kappa shape index (κ2) is 11.7. The number of fused-ring (bicyclic) bond motifs is 1. The summed E-state index contributed by atoms with van der Waals surface area (Å²) in [6, 6.07) is 25.1. The molecule has 1 N–H and O–H groups in total. The van der Waals surface area contributed by atoms with Gasteiger partial charge in [-0.3, -0.25) is 9.69 Å². The summed E-state index contributed by atoms with van der Waals surface area (Å²) in [4.78, 5) is 18.8. The largest absolute Gasteiger partial charge is 0.321 e. The SMILES string of the molecule is CC[C@H](c1nnnn1CCc1ccccc1)N(Cc1ccc(C)cc1)Cc1cc2ccc(C)c(C)c2[nH]c1=O. The summed E-state index contributed by atoms with van der Waals surface area (Å²) >= 11 is 0. The predicted octanol–water partition coefficient (Wildman–Crippen LogP) is 5.84. The minimum atomic E-state index is -0.0630. The standard InChI is InChI=1S/C32H36N6O/c1-5-29(31-34-35-36-38(31)18-17-25-9-7-6-8-10-25)37(20-26-14-11-22(2)12-15-26)21-28-19-27-16-13-23(3)24(4)30(27)33-32(28)39/h6-16,19,29H,5,17-18,20-21H2,1-4H3,(H,33,39)/t29-/m1/s1. The molecular formula is C32H36N6O. The lowest BCUT2D eigenvalue weighted by Gasteiger charge is -2.30. The fourth-order valence-corrected chi connectivity index (χ4v) is 5.20. The maximum absolute atomic E-state index is 13.3. The van der Waals surface area contributed by atoms with Crippen LogP contribution in [0.5, 0.6) is 0 Å². The van der Waals surface area contributed by atoms with Crippen LogP contribution in [0.2, 0.25) is 0 Å². The molecule has 0 bridgehead atoms. The third-order valence-electron chi connectivity index (χ3n) is 7.65. The molecule has 0 saturated carbocycles. The molecule has 1 atom stereocenters. The van der Waals surface area contributed by atoms with Gasteiger partial charge in [-0.05, 0) is 77.7 Å². The first-order valence-corrected chi connectivity index (χ1v) is 13.6. The number of hydrogen-bond donors (Lipinski definition) is 1. The lowest BCUT2D eigenvalue weighted by molar-refractivity contribution is 0.160. The first-order valence-electron chi connectivity index (χ1n) is 13.6. The van der Waals surface area contributed by atoms with Crippen molar-refractivity contribution in [2.24, 2.45) is 0 Å². The summed E-state index contributed by atoms with van der Waals surface area (Å²) in [6.07, 6.45) is 1.65. The summed E-state index contributed by atoms with van der Waals surface area (Å²) in [5.74, 6) is 0.823. The molecule has 2 aromatic heterocycles. The Bertz CT molecular complexity index is 1600. The highest BCUT2D eigenvalue weighted by Crippen LogP contribution is 2.27. The van der Waals surface area contributed by atoms with Crippen molar-refractivity contribution in [1.82, 2.24) is 30.1 Å². The number of aromatic nitrogens is 5. The topological polar surface area (TPSA) is 79.7 Å². The smallest absolute Gasteiger partial charge is 0.252 e. The second-order valence-corrected chi connectivity index (χ2v) is 10.4. The maximum atomic E-state index is 13.3. The van der Waals surface area contributed by atoms with E-state index < -0.39 is 0 Å². The van der Waals surface area contributed by atoms with E-state index in [0.29, 0.717) is 19.6 Å². The van der Waals surface area contributed by atoms with Crippen LogP contribution in [-0.2, 0) is 26.1 Å². The molecular weight excluding hydrogens is 484 g/mol. The van der Waals surface area contributed by atoms with Gasteiger partial charge in [0.15, 0.2) is 5.82 Å². The van der Waals surface area contributed by atoms with Crippen molar-refractivity contribution < 1.29 is 0 Å². The molecule has 0 aliphatic rings. The zero-order valence-corrected chi connectivity index (χ0v) is 23.2. The molecule has 7 heteroatoms. The predicted molar refractivity (Wildman–Crippen MR) is 155 cm³/mol. The maximum Gasteiger partial charge on any atom is 0.252 e. The minimum absolute atomic E-state index is 0.0522. The molecule has 200 valence electrons. The van der Waals surface area contributed by atoms with Crippen LogP contribution >= 0.6 is 0 Å². The second-order valence-electron chi connectivity index (χ2n) is 10.4. The average molecular weight is 521 g/mol. The van der Waals surface area contributed by atoms with E-state index in [0.717, 1.165) is 40.7 Å². The first-order chi connectivity index (χ1) is 18.9. The summed E-state index contributed by atoms with van der Waals surface area (Å²) in [5.41, 5.74) is 7.52. The van der Waals surface area contributed by atoms with E-state index in [1.807, 2.05) is 16.8 Å². The van der Waals surface area contributed by atoms with Gasteiger partial charge in [0.05, 0.1) is 11.6 Å². The molecule has 0 aliphatic carbocycles. The van der Waals surface area contributed by atoms with Crippen molar-refractivity contribution in [1.29, 1.82) is 0 Å². The number of aryl methyl sites for hydroxylation is 5. The normalized spacial score (nSPS) is 12.3. The van der Waals surface area contributed by atoms with Crippen LogP contribution in [0.4, 0.5) is 0 Å². The van der Waals surface area contributed by atoms with E-state index in [-0.39, 0.29) is 11.6 Å². The molecule has 5 rings (SSSR count). The Kier molecular flexibility index (Phi) is 7.98. The van der Waals surface area contributed by atoms with Crippen molar-refractivity contribution in [3.63, 3.8) is 0 Å². The number of nitrogens with zero attached hydrogens (tertiary/aromatic N) is 5. The third kappa shape index (κ3) is 5.99. The van der Waals surface area contributed by atoms with Gasteiger partial charge in [0, 0.05) is 25.2 Å². The number of pyridine rings is 1. The lowest BCUT2D eigenvalue weighted by atomic mass is 10.0. The Labute approximate surface area is 229 Å². The molecule has 2 heterocycles. The monoisotopic (exact) mass is 520 g/mol. The summed E-state index contributed by atoms with van der Waals surface area (Å²) in [5, 5.41) is 13.9. The summed E-state index contributed by atoms with van der Waals surface area (Å²) in [6.45, 7) is 10.2. The van der Waals surface area contributed by atoms with Crippen molar-refractivity contribution in [3.05, 3.63) is 122 Å². The van der Waals surface area contributed by atoms with Gasteiger partial charge in [-0.25, -0.2) is 4.68 Å². The first kappa shape index (κ1) is 26.5. The highest BCUT2D eigenvalue weighted by molar-refractivity contribution is 5.83. The molecule has 39 heavy (non-hydrogen) atoms. The van der Waals surface area contributed by atoms with Crippen LogP contribution in [0.3, 0.4) is 0 Å². The minimum Gasteiger partial charge on any atom is -0.321 e. The number of aromatic amines is 1. The van der Waals surface area contributed by atoms with Crippen molar-refractivity contribution in [2.45, 2.75) is 66.2 Å². The van der Waals surface area contributed by atoms with Gasteiger partial charge in [0.25, 0.3) is 5.56 Å². The molecule has 0 spiro atoms. The number of nitrogens with one attached hydrogen (secondary N) is 1. The highest BCUT2D eigenvalue weighted by Gasteiger charge is 2.26. The molecule has 0 radical (unpaired) electrons. The van der Waals surface area contributed by atoms with Gasteiger partial charge < -0.3 is 4.98 Å². The molecule has 0 fully saturated rings. The number of benzene rings is 3. The van der Waals surface area contributed by atoms with Crippen LogP contribution in [0.25, 0.3) is 10.9 Å². The fraction of sp³-hybridized carbons (Fsp3) is 0.312. The summed E-state index contributed by atoms with van der Waals surface area (Å²) < 4.78 is 1.92. The van der Waals surface area contributed by atoms with Crippen LogP contribution in [0.15, 0.2) is 77.6 Å². The van der Waals surface area contributed by atoms with Crippen LogP contribution < -0.4 is 5.56 Å². The zero-order valence-electron chi connectivity index (χ0n) is 23.2. The molecule has 0 unspecified atom stereocenters. The zero-order chi connectivity index (χ0) is 27.4. The summed E-state index contributed by atoms with van der Waals surface area (Å²) in [7, 11) is 0. The molecule has 0 saturated heterocycles. The number of H-pyrrole nitrogens is 1. The van der Waals surface area contributed by atoms with E-state index in [2.05, 4.69) is 114 Å². The Morgan fingerprint density at radius 3 is 2.44 bits per heavy atom. The van der Waals surface area contributed by atoms with Gasteiger partial charge in [-0.1, -0.05) is 79.2 Å². The Morgan fingerprint density at radius 1 is 0.923 bits per heavy atom. The van der Waals surface area contributed by atoms with Crippen molar-refractivity contribution >= 4 is 10.9 Å². The van der Waals surface area contributed by atoms with Crippen LogP contribution in [0, 0.1) is 20.8 Å². The molecule has 0 aliphatic heterocycles. The number of hydrogen-bond acceptors (Lipinski definition) is 5. The van der Waals surface area contributed by atoms with Crippen LogP contribution in [-0.4, -0.2) is 30.1 Å². The highest BCUT2D eigenvalue weighted by atomic mass is 16.1. The molecule has 3 aromatic carbocycles. The lowest BCUT2D eigenvalue weighted by Crippen LogP contribution is -2.32. The Hall–Kier alpha value is -4.10. The molecule has 0 amide bonds. The van der Waals surface area contributed by atoms with Gasteiger partial charge in [0.2, 0.25) is 0 Å². The van der Waals surface area contributed by atoms with Gasteiger partial charge in [-0.2, -0.15) is 0 Å². The fourth-order valence-electron chi connectivity index (χ4n) is 5.20. The van der Waals surface area contributed by atoms with Crippen molar-refractivity contribution in [2.75, 3.05) is 0 Å². The number of tetrazole rings is 1. The Morgan fingerprint density at radius 2 is 1.69 bits per heavy atom. The van der Waals surface area contributed by atoms with Gasteiger partial charge in [0.1, 0.15) is 0 Å². The quantitative estimate of drug-likeness (QED) is 0.250. The average Bonchev–Trinajstić information content (AvgIpc) is 3.41. The Balaban J connectivity index is 1.49. The molecule has 7 nitrogen and oxygen atoms in total.